The fourth-order valence-corrected chi connectivity index (χ4v) is 1.74. The van der Waals surface area contributed by atoms with Crippen LogP contribution in [0, 0.1) is 0 Å². The Morgan fingerprint density at radius 2 is 2.00 bits per heavy atom. The Labute approximate surface area is 122 Å². The van der Waals surface area contributed by atoms with Gasteiger partial charge in [-0.15, -0.1) is 0 Å². The van der Waals surface area contributed by atoms with Gasteiger partial charge in [0.2, 0.25) is 11.7 Å². The zero-order valence-corrected chi connectivity index (χ0v) is 12.2. The van der Waals surface area contributed by atoms with Crippen LogP contribution in [0.1, 0.15) is 39.0 Å². The van der Waals surface area contributed by atoms with E-state index in [4.69, 9.17) is 14.4 Å². The van der Waals surface area contributed by atoms with E-state index >= 15 is 0 Å². The quantitative estimate of drug-likeness (QED) is 0.879. The average Bonchev–Trinajstić information content (AvgIpc) is 2.95. The van der Waals surface area contributed by atoms with E-state index in [0.29, 0.717) is 23.9 Å². The van der Waals surface area contributed by atoms with Gasteiger partial charge in [-0.05, 0) is 30.7 Å². The number of rotatable bonds is 6. The third kappa shape index (κ3) is 3.59. The molecular formula is C15H18N2O4. The SMILES string of the molecule is CCC(Oc1ccc(-c2noc(C(C)C)n2)cc1)C(=O)O. The van der Waals surface area contributed by atoms with Gasteiger partial charge < -0.3 is 14.4 Å². The second kappa shape index (κ2) is 6.39. The summed E-state index contributed by atoms with van der Waals surface area (Å²) in [7, 11) is 0. The summed E-state index contributed by atoms with van der Waals surface area (Å²) in [6, 6.07) is 6.95. The highest BCUT2D eigenvalue weighted by molar-refractivity contribution is 5.72. The van der Waals surface area contributed by atoms with Crippen molar-refractivity contribution >= 4 is 5.97 Å². The Balaban J connectivity index is 2.12. The van der Waals surface area contributed by atoms with Gasteiger partial charge in [-0.25, -0.2) is 4.79 Å². The molecule has 112 valence electrons. The Hall–Kier alpha value is -2.37. The average molecular weight is 290 g/mol. The summed E-state index contributed by atoms with van der Waals surface area (Å²) in [5, 5.41) is 12.9. The third-order valence-corrected chi connectivity index (χ3v) is 2.97. The number of hydrogen-bond donors (Lipinski definition) is 1. The van der Waals surface area contributed by atoms with E-state index in [2.05, 4.69) is 10.1 Å². The van der Waals surface area contributed by atoms with E-state index in [1.165, 1.54) is 0 Å². The van der Waals surface area contributed by atoms with Crippen molar-refractivity contribution in [1.82, 2.24) is 10.1 Å². The summed E-state index contributed by atoms with van der Waals surface area (Å²) in [6.07, 6.45) is -0.437. The van der Waals surface area contributed by atoms with Crippen LogP contribution in [0.25, 0.3) is 11.4 Å². The van der Waals surface area contributed by atoms with Crippen molar-refractivity contribution < 1.29 is 19.2 Å². The molecule has 0 saturated carbocycles. The highest BCUT2D eigenvalue weighted by Gasteiger charge is 2.17. The monoisotopic (exact) mass is 290 g/mol. The Kier molecular flexibility index (Phi) is 4.57. The van der Waals surface area contributed by atoms with Gasteiger partial charge in [-0.1, -0.05) is 25.9 Å². The number of carbonyl (C=O) groups is 1. The molecule has 1 N–H and O–H groups in total. The summed E-state index contributed by atoms with van der Waals surface area (Å²) in [6.45, 7) is 5.72. The molecule has 1 unspecified atom stereocenters. The molecule has 0 aliphatic heterocycles. The fourth-order valence-electron chi connectivity index (χ4n) is 1.74. The van der Waals surface area contributed by atoms with Crippen LogP contribution >= 0.6 is 0 Å². The summed E-state index contributed by atoms with van der Waals surface area (Å²) >= 11 is 0. The topological polar surface area (TPSA) is 85.5 Å². The molecule has 0 spiro atoms. The lowest BCUT2D eigenvalue weighted by atomic mass is 10.2. The van der Waals surface area contributed by atoms with Crippen LogP contribution in [0.2, 0.25) is 0 Å². The zero-order valence-electron chi connectivity index (χ0n) is 12.2. The minimum absolute atomic E-state index is 0.176. The van der Waals surface area contributed by atoms with Crippen LogP contribution in [0.15, 0.2) is 28.8 Å². The largest absolute Gasteiger partial charge is 0.479 e. The molecule has 0 aliphatic carbocycles. The maximum atomic E-state index is 10.9. The summed E-state index contributed by atoms with van der Waals surface area (Å²) in [4.78, 5) is 15.2. The number of carboxylic acid groups (broad SMARTS) is 1. The highest BCUT2D eigenvalue weighted by atomic mass is 16.5. The summed E-state index contributed by atoms with van der Waals surface area (Å²) in [5.74, 6) is 0.800. The third-order valence-electron chi connectivity index (χ3n) is 2.97. The molecule has 1 heterocycles. The lowest BCUT2D eigenvalue weighted by Crippen LogP contribution is -2.25. The lowest BCUT2D eigenvalue weighted by molar-refractivity contribution is -0.145. The fraction of sp³-hybridized carbons (Fsp3) is 0.400. The number of carboxylic acids is 1. The molecule has 0 saturated heterocycles. The molecule has 6 heteroatoms. The van der Waals surface area contributed by atoms with Crippen LogP contribution in [-0.4, -0.2) is 27.3 Å². The number of aromatic nitrogens is 2. The first-order valence-electron chi connectivity index (χ1n) is 6.84. The minimum Gasteiger partial charge on any atom is -0.479 e. The first kappa shape index (κ1) is 15.0. The Morgan fingerprint density at radius 1 is 1.33 bits per heavy atom. The summed E-state index contributed by atoms with van der Waals surface area (Å²) in [5.41, 5.74) is 0.793. The number of ether oxygens (including phenoxy) is 1. The van der Waals surface area contributed by atoms with E-state index in [-0.39, 0.29) is 5.92 Å². The van der Waals surface area contributed by atoms with Gasteiger partial charge in [0.1, 0.15) is 5.75 Å². The molecule has 1 aromatic carbocycles. The number of aliphatic carboxylic acids is 1. The van der Waals surface area contributed by atoms with Crippen LogP contribution in [-0.2, 0) is 4.79 Å². The maximum absolute atomic E-state index is 10.9. The highest BCUT2D eigenvalue weighted by Crippen LogP contribution is 2.22. The van der Waals surface area contributed by atoms with Crippen molar-refractivity contribution in [3.8, 4) is 17.1 Å². The van der Waals surface area contributed by atoms with Crippen molar-refractivity contribution in [3.05, 3.63) is 30.2 Å². The van der Waals surface area contributed by atoms with Gasteiger partial charge >= 0.3 is 5.97 Å². The Bertz CT molecular complexity index is 604. The molecule has 1 aromatic heterocycles. The van der Waals surface area contributed by atoms with Crippen molar-refractivity contribution in [2.45, 2.75) is 39.2 Å². The first-order valence-corrected chi connectivity index (χ1v) is 6.84. The molecule has 0 fully saturated rings. The molecule has 2 aromatic rings. The van der Waals surface area contributed by atoms with E-state index in [1.54, 1.807) is 31.2 Å². The van der Waals surface area contributed by atoms with E-state index in [9.17, 15) is 4.79 Å². The van der Waals surface area contributed by atoms with E-state index < -0.39 is 12.1 Å². The zero-order chi connectivity index (χ0) is 15.4. The minimum atomic E-state index is -0.971. The van der Waals surface area contributed by atoms with Crippen LogP contribution in [0.3, 0.4) is 0 Å². The van der Waals surface area contributed by atoms with Gasteiger partial charge in [0.25, 0.3) is 0 Å². The molecule has 6 nitrogen and oxygen atoms in total. The van der Waals surface area contributed by atoms with Gasteiger partial charge in [0, 0.05) is 11.5 Å². The van der Waals surface area contributed by atoms with E-state index in [0.717, 1.165) is 5.56 Å². The van der Waals surface area contributed by atoms with Crippen LogP contribution < -0.4 is 4.74 Å². The van der Waals surface area contributed by atoms with Crippen molar-refractivity contribution in [2.75, 3.05) is 0 Å². The molecule has 1 atom stereocenters. The van der Waals surface area contributed by atoms with Crippen molar-refractivity contribution in [1.29, 1.82) is 0 Å². The molecule has 0 bridgehead atoms. The molecular weight excluding hydrogens is 272 g/mol. The molecule has 0 aliphatic rings. The molecule has 0 amide bonds. The predicted molar refractivity (Wildman–Crippen MR) is 76.2 cm³/mol. The second-order valence-corrected chi connectivity index (χ2v) is 4.99. The standard InChI is InChI=1S/C15H18N2O4/c1-4-12(15(18)19)20-11-7-5-10(6-8-11)13-16-14(9(2)3)21-17-13/h5-9,12H,4H2,1-3H3,(H,18,19). The molecule has 2 rings (SSSR count). The van der Waals surface area contributed by atoms with E-state index in [1.807, 2.05) is 13.8 Å². The summed E-state index contributed by atoms with van der Waals surface area (Å²) < 4.78 is 10.5. The predicted octanol–water partition coefficient (Wildman–Crippen LogP) is 3.10. The lowest BCUT2D eigenvalue weighted by Gasteiger charge is -2.12. The van der Waals surface area contributed by atoms with Crippen molar-refractivity contribution in [3.63, 3.8) is 0 Å². The maximum Gasteiger partial charge on any atom is 0.344 e. The molecule has 0 radical (unpaired) electrons. The normalized spacial score (nSPS) is 12.4. The molecule has 21 heavy (non-hydrogen) atoms. The van der Waals surface area contributed by atoms with Gasteiger partial charge in [-0.3, -0.25) is 0 Å². The Morgan fingerprint density at radius 3 is 2.48 bits per heavy atom. The number of benzene rings is 1. The van der Waals surface area contributed by atoms with Crippen molar-refractivity contribution in [2.24, 2.45) is 0 Å². The van der Waals surface area contributed by atoms with Gasteiger partial charge in [0.05, 0.1) is 0 Å². The van der Waals surface area contributed by atoms with Crippen LogP contribution in [0.4, 0.5) is 0 Å². The number of hydrogen-bond acceptors (Lipinski definition) is 5. The second-order valence-electron chi connectivity index (χ2n) is 4.99. The number of nitrogens with zero attached hydrogens (tertiary/aromatic N) is 2. The van der Waals surface area contributed by atoms with Crippen LogP contribution in [0.5, 0.6) is 5.75 Å². The first-order chi connectivity index (χ1) is 10.0. The van der Waals surface area contributed by atoms with Gasteiger partial charge in [0.15, 0.2) is 6.10 Å². The smallest absolute Gasteiger partial charge is 0.344 e. The van der Waals surface area contributed by atoms with Gasteiger partial charge in [-0.2, -0.15) is 4.98 Å².